The van der Waals surface area contributed by atoms with Crippen molar-refractivity contribution < 1.29 is 17.7 Å². The molecule has 1 aliphatic heterocycles. The molecule has 0 amide bonds. The van der Waals surface area contributed by atoms with Crippen LogP contribution in [0.2, 0.25) is 0 Å². The van der Waals surface area contributed by atoms with Gasteiger partial charge in [-0.25, -0.2) is 13.4 Å². The SMILES string of the molecule is CS(=O)(=O)c1ccc(OCC[C@@H]2C[C@H]2C2CCN(c3nc(C4CCC4)no3)CC2)nc1. The fourth-order valence-electron chi connectivity index (χ4n) is 4.87. The Kier molecular flexibility index (Phi) is 5.62. The average molecular weight is 447 g/mol. The van der Waals surface area contributed by atoms with Crippen LogP contribution < -0.4 is 9.64 Å². The second-order valence-corrected chi connectivity index (χ2v) is 11.3. The third kappa shape index (κ3) is 4.71. The lowest BCUT2D eigenvalue weighted by Gasteiger charge is -2.31. The number of pyridine rings is 1. The second-order valence-electron chi connectivity index (χ2n) is 9.29. The summed E-state index contributed by atoms with van der Waals surface area (Å²) in [5.41, 5.74) is 0. The summed E-state index contributed by atoms with van der Waals surface area (Å²) in [4.78, 5) is 11.2. The highest BCUT2D eigenvalue weighted by Crippen LogP contribution is 2.50. The molecule has 2 atom stereocenters. The van der Waals surface area contributed by atoms with E-state index in [-0.39, 0.29) is 4.90 Å². The van der Waals surface area contributed by atoms with Crippen molar-refractivity contribution in [3.63, 3.8) is 0 Å². The summed E-state index contributed by atoms with van der Waals surface area (Å²) in [7, 11) is -3.22. The zero-order valence-electron chi connectivity index (χ0n) is 17.9. The monoisotopic (exact) mass is 446 g/mol. The number of ether oxygens (including phenoxy) is 1. The minimum absolute atomic E-state index is 0.216. The Morgan fingerprint density at radius 3 is 2.65 bits per heavy atom. The number of piperidine rings is 1. The Morgan fingerprint density at radius 2 is 2.00 bits per heavy atom. The maximum Gasteiger partial charge on any atom is 0.324 e. The Hall–Kier alpha value is -2.16. The van der Waals surface area contributed by atoms with Gasteiger partial charge < -0.3 is 14.2 Å². The van der Waals surface area contributed by atoms with E-state index >= 15 is 0 Å². The Bertz CT molecular complexity index is 995. The predicted molar refractivity (Wildman–Crippen MR) is 115 cm³/mol. The molecule has 1 saturated heterocycles. The molecule has 2 aliphatic carbocycles. The van der Waals surface area contributed by atoms with Crippen LogP contribution >= 0.6 is 0 Å². The van der Waals surface area contributed by atoms with Gasteiger partial charge in [0.2, 0.25) is 5.88 Å². The summed E-state index contributed by atoms with van der Waals surface area (Å²) >= 11 is 0. The molecule has 5 rings (SSSR count). The molecule has 0 aromatic carbocycles. The van der Waals surface area contributed by atoms with Crippen LogP contribution in [0, 0.1) is 17.8 Å². The van der Waals surface area contributed by atoms with E-state index in [1.54, 1.807) is 12.1 Å². The van der Waals surface area contributed by atoms with Gasteiger partial charge >= 0.3 is 6.01 Å². The molecule has 0 spiro atoms. The van der Waals surface area contributed by atoms with Crippen LogP contribution in [0.4, 0.5) is 6.01 Å². The van der Waals surface area contributed by atoms with Crippen LogP contribution in [0.15, 0.2) is 27.7 Å². The maximum atomic E-state index is 11.5. The van der Waals surface area contributed by atoms with Crippen LogP contribution in [0.5, 0.6) is 5.88 Å². The van der Waals surface area contributed by atoms with Crippen LogP contribution in [0.25, 0.3) is 0 Å². The summed E-state index contributed by atoms with van der Waals surface area (Å²) in [5.74, 6) is 4.17. The molecule has 168 valence electrons. The van der Waals surface area contributed by atoms with Crippen LogP contribution in [0.1, 0.15) is 56.7 Å². The van der Waals surface area contributed by atoms with E-state index < -0.39 is 9.84 Å². The molecule has 8 nitrogen and oxygen atoms in total. The van der Waals surface area contributed by atoms with E-state index in [0.717, 1.165) is 43.1 Å². The molecule has 9 heteroatoms. The van der Waals surface area contributed by atoms with Crippen LogP contribution in [-0.2, 0) is 9.84 Å². The zero-order valence-corrected chi connectivity index (χ0v) is 18.8. The van der Waals surface area contributed by atoms with Gasteiger partial charge in [-0.1, -0.05) is 11.6 Å². The molecule has 3 fully saturated rings. The molecule has 2 aromatic heterocycles. The van der Waals surface area contributed by atoms with Crippen molar-refractivity contribution in [3.05, 3.63) is 24.2 Å². The Labute approximate surface area is 183 Å². The topological polar surface area (TPSA) is 98.4 Å². The quantitative estimate of drug-likeness (QED) is 0.608. The van der Waals surface area contributed by atoms with Crippen molar-refractivity contribution in [1.82, 2.24) is 15.1 Å². The zero-order chi connectivity index (χ0) is 21.4. The highest BCUT2D eigenvalue weighted by molar-refractivity contribution is 7.90. The number of anilines is 1. The summed E-state index contributed by atoms with van der Waals surface area (Å²) in [6.45, 7) is 2.61. The number of hydrogen-bond acceptors (Lipinski definition) is 8. The predicted octanol–water partition coefficient (Wildman–Crippen LogP) is 3.46. The van der Waals surface area contributed by atoms with E-state index in [4.69, 9.17) is 9.26 Å². The Balaban J connectivity index is 1.03. The Morgan fingerprint density at radius 1 is 1.19 bits per heavy atom. The van der Waals surface area contributed by atoms with Gasteiger partial charge in [-0.05, 0) is 62.3 Å². The first-order valence-electron chi connectivity index (χ1n) is 11.3. The van der Waals surface area contributed by atoms with E-state index in [2.05, 4.69) is 20.0 Å². The molecular weight excluding hydrogens is 416 g/mol. The summed E-state index contributed by atoms with van der Waals surface area (Å²) in [6, 6.07) is 3.88. The van der Waals surface area contributed by atoms with Gasteiger partial charge in [-0.2, -0.15) is 4.98 Å². The summed E-state index contributed by atoms with van der Waals surface area (Å²) < 4.78 is 34.2. The first-order chi connectivity index (χ1) is 15.0. The van der Waals surface area contributed by atoms with Crippen LogP contribution in [0.3, 0.4) is 0 Å². The third-order valence-electron chi connectivity index (χ3n) is 7.17. The van der Waals surface area contributed by atoms with Crippen molar-refractivity contribution in [3.8, 4) is 5.88 Å². The van der Waals surface area contributed by atoms with Gasteiger partial charge in [-0.3, -0.25) is 0 Å². The largest absolute Gasteiger partial charge is 0.478 e. The normalized spacial score (nSPS) is 24.7. The lowest BCUT2D eigenvalue weighted by atomic mass is 9.85. The smallest absolute Gasteiger partial charge is 0.324 e. The molecular formula is C22H30N4O4S. The molecule has 0 unspecified atom stereocenters. The molecule has 2 saturated carbocycles. The van der Waals surface area contributed by atoms with Gasteiger partial charge in [0.25, 0.3) is 0 Å². The van der Waals surface area contributed by atoms with E-state index in [1.165, 1.54) is 51.0 Å². The fraction of sp³-hybridized carbons (Fsp3) is 0.682. The van der Waals surface area contributed by atoms with E-state index in [1.807, 2.05) is 0 Å². The maximum absolute atomic E-state index is 11.5. The molecule has 0 bridgehead atoms. The third-order valence-corrected chi connectivity index (χ3v) is 8.27. The first kappa shape index (κ1) is 20.7. The van der Waals surface area contributed by atoms with Crippen molar-refractivity contribution in [2.24, 2.45) is 17.8 Å². The van der Waals surface area contributed by atoms with E-state index in [9.17, 15) is 8.42 Å². The highest BCUT2D eigenvalue weighted by atomic mass is 32.2. The van der Waals surface area contributed by atoms with Gasteiger partial charge in [0.05, 0.1) is 11.5 Å². The highest BCUT2D eigenvalue weighted by Gasteiger charge is 2.43. The summed E-state index contributed by atoms with van der Waals surface area (Å²) in [5, 5.41) is 4.19. The molecule has 0 radical (unpaired) electrons. The fourth-order valence-corrected chi connectivity index (χ4v) is 5.43. The van der Waals surface area contributed by atoms with Gasteiger partial charge in [0.1, 0.15) is 0 Å². The number of aromatic nitrogens is 3. The molecule has 3 aliphatic rings. The number of nitrogens with zero attached hydrogens (tertiary/aromatic N) is 4. The van der Waals surface area contributed by atoms with Gasteiger partial charge in [-0.15, -0.1) is 0 Å². The molecule has 0 N–H and O–H groups in total. The van der Waals surface area contributed by atoms with Crippen molar-refractivity contribution in [2.75, 3.05) is 30.9 Å². The number of hydrogen-bond donors (Lipinski definition) is 0. The minimum Gasteiger partial charge on any atom is -0.478 e. The second kappa shape index (κ2) is 8.41. The molecule has 31 heavy (non-hydrogen) atoms. The van der Waals surface area contributed by atoms with Gasteiger partial charge in [0.15, 0.2) is 15.7 Å². The first-order valence-corrected chi connectivity index (χ1v) is 13.2. The minimum atomic E-state index is -3.22. The number of rotatable bonds is 8. The van der Waals surface area contributed by atoms with Gasteiger partial charge in [0, 0.05) is 37.5 Å². The number of sulfone groups is 1. The van der Waals surface area contributed by atoms with Crippen molar-refractivity contribution in [2.45, 2.75) is 55.8 Å². The average Bonchev–Trinajstić information content (AvgIpc) is 3.33. The molecule has 2 aromatic rings. The van der Waals surface area contributed by atoms with Crippen molar-refractivity contribution >= 4 is 15.9 Å². The van der Waals surface area contributed by atoms with Crippen LogP contribution in [-0.4, -0.2) is 49.5 Å². The molecule has 3 heterocycles. The standard InChI is InChI=1S/C22H30N4O4S/c1-31(27,28)18-5-6-20(23-14-18)29-12-9-17-13-19(17)15-7-10-26(11-8-15)22-24-21(25-30-22)16-3-2-4-16/h5-6,14-17,19H,2-4,7-13H2,1H3/t17-,19+/m1/s1. The van der Waals surface area contributed by atoms with Crippen molar-refractivity contribution in [1.29, 1.82) is 0 Å². The lowest BCUT2D eigenvalue weighted by Crippen LogP contribution is -2.34. The van der Waals surface area contributed by atoms with E-state index in [0.29, 0.717) is 24.4 Å². The summed E-state index contributed by atoms with van der Waals surface area (Å²) in [6.07, 6.45) is 10.9. The lowest BCUT2D eigenvalue weighted by molar-refractivity contribution is 0.274.